The van der Waals surface area contributed by atoms with E-state index in [1.165, 1.54) is 5.39 Å². The van der Waals surface area contributed by atoms with Crippen LogP contribution in [-0.4, -0.2) is 4.98 Å². The molecule has 7 rings (SSSR count). The van der Waals surface area contributed by atoms with Crippen LogP contribution in [0.5, 0.6) is 0 Å². The van der Waals surface area contributed by atoms with E-state index in [4.69, 9.17) is 9.97 Å². The molecule has 0 saturated heterocycles. The second kappa shape index (κ2) is 10.7. The predicted molar refractivity (Wildman–Crippen MR) is 161 cm³/mol. The van der Waals surface area contributed by atoms with Crippen molar-refractivity contribution in [3.63, 3.8) is 0 Å². The molecule has 40 heavy (non-hydrogen) atoms. The smallest absolute Gasteiger partial charge is 0.656 e. The number of fused-ring (bicyclic) bond motifs is 3. The monoisotopic (exact) mass is 694 g/mol. The van der Waals surface area contributed by atoms with Gasteiger partial charge in [0, 0.05) is 5.69 Å². The average Bonchev–Trinajstić information content (AvgIpc) is 3.37. The first kappa shape index (κ1) is 26.0. The summed E-state index contributed by atoms with van der Waals surface area (Å²) in [6.45, 7) is 4.27. The van der Waals surface area contributed by atoms with E-state index in [0.717, 1.165) is 72.3 Å². The Morgan fingerprint density at radius 2 is 1.32 bits per heavy atom. The molecule has 0 fully saturated rings. The second-order valence-electron chi connectivity index (χ2n) is 9.99. The van der Waals surface area contributed by atoms with Gasteiger partial charge in [-0.25, -0.2) is 5.56 Å². The minimum Gasteiger partial charge on any atom is -0.656 e. The Kier molecular flexibility index (Phi) is 7.00. The van der Waals surface area contributed by atoms with Gasteiger partial charge in [0.15, 0.2) is 0 Å². The Morgan fingerprint density at radius 3 is 2.15 bits per heavy atom. The van der Waals surface area contributed by atoms with Crippen LogP contribution in [0, 0.1) is 26.0 Å². The summed E-state index contributed by atoms with van der Waals surface area (Å²) in [5, 5.41) is 2.33. The summed E-state index contributed by atoms with van der Waals surface area (Å²) in [6.07, 6.45) is 0. The molecule has 0 aliphatic rings. The van der Waals surface area contributed by atoms with Crippen molar-refractivity contribution in [1.82, 2.24) is 9.97 Å². The summed E-state index contributed by atoms with van der Waals surface area (Å²) in [5.74, 6) is 0. The second-order valence-corrected chi connectivity index (χ2v) is 9.99. The van der Waals surface area contributed by atoms with E-state index >= 15 is 0 Å². The molecular weight excluding hydrogens is 669 g/mol. The van der Waals surface area contributed by atoms with E-state index in [0.29, 0.717) is 0 Å². The zero-order chi connectivity index (χ0) is 26.3. The molecule has 7 aromatic rings. The van der Waals surface area contributed by atoms with Crippen LogP contribution in [0.15, 0.2) is 115 Å². The number of rotatable bonds is 4. The average molecular weight is 695 g/mol. The summed E-state index contributed by atoms with van der Waals surface area (Å²) < 4.78 is 0. The van der Waals surface area contributed by atoms with Crippen molar-refractivity contribution < 1.29 is 22.4 Å². The van der Waals surface area contributed by atoms with Gasteiger partial charge in [-0.15, -0.1) is 28.7 Å². The van der Waals surface area contributed by atoms with Crippen molar-refractivity contribution in [2.45, 2.75) is 13.8 Å². The molecule has 0 N–H and O–H groups in total. The van der Waals surface area contributed by atoms with E-state index in [9.17, 15) is 0 Å². The summed E-state index contributed by atoms with van der Waals surface area (Å²) in [4.78, 5) is 10.3. The van der Waals surface area contributed by atoms with Gasteiger partial charge in [0.1, 0.15) is 0 Å². The Morgan fingerprint density at radius 1 is 0.600 bits per heavy atom. The quantitative estimate of drug-likeness (QED) is 0.136. The molecule has 5 aromatic carbocycles. The molecule has 0 unspecified atom stereocenters. The van der Waals surface area contributed by atoms with Crippen LogP contribution in [0.25, 0.3) is 66.6 Å². The maximum atomic E-state index is 5.32. The molecule has 0 radical (unpaired) electrons. The van der Waals surface area contributed by atoms with Crippen molar-refractivity contribution in [2.75, 3.05) is 0 Å². The Bertz CT molecular complexity index is 1910. The first-order valence-electron chi connectivity index (χ1n) is 13.2. The van der Waals surface area contributed by atoms with Crippen LogP contribution < -0.4 is 4.98 Å². The van der Waals surface area contributed by atoms with Crippen LogP contribution in [-0.2, 0) is 22.4 Å². The van der Waals surface area contributed by atoms with E-state index in [1.54, 1.807) is 0 Å². The van der Waals surface area contributed by atoms with Gasteiger partial charge in [-0.3, -0.25) is 4.98 Å². The molecule has 0 spiro atoms. The largest absolute Gasteiger partial charge is 3.00 e. The molecular formula is C37H25AuN2. The molecule has 2 nitrogen and oxygen atoms in total. The molecule has 0 atom stereocenters. The van der Waals surface area contributed by atoms with Crippen LogP contribution in [0.2, 0.25) is 0 Å². The van der Waals surface area contributed by atoms with Gasteiger partial charge in [0.25, 0.3) is 0 Å². The first-order chi connectivity index (χ1) is 19.2. The van der Waals surface area contributed by atoms with Crippen molar-refractivity contribution in [3.05, 3.63) is 139 Å². The normalized spacial score (nSPS) is 11.1. The fraction of sp³-hybridized carbons (Fsp3) is 0.0541. The first-order valence-corrected chi connectivity index (χ1v) is 13.2. The Labute approximate surface area is 250 Å². The number of pyridine rings is 1. The third kappa shape index (κ3) is 4.61. The van der Waals surface area contributed by atoms with Gasteiger partial charge >= 0.3 is 22.4 Å². The molecule has 0 aliphatic heterocycles. The van der Waals surface area contributed by atoms with Crippen LogP contribution in [0.3, 0.4) is 0 Å². The fourth-order valence-corrected chi connectivity index (χ4v) is 5.49. The van der Waals surface area contributed by atoms with Gasteiger partial charge in [-0.1, -0.05) is 90.0 Å². The molecule has 2 aromatic heterocycles. The Balaban J connectivity index is 0.00000289. The molecule has 194 valence electrons. The van der Waals surface area contributed by atoms with Crippen molar-refractivity contribution in [2.24, 2.45) is 0 Å². The number of aryl methyl sites for hydroxylation is 2. The maximum Gasteiger partial charge on any atom is 3.00 e. The summed E-state index contributed by atoms with van der Waals surface area (Å²) in [7, 11) is 0. The van der Waals surface area contributed by atoms with Crippen molar-refractivity contribution >= 4 is 21.8 Å². The zero-order valence-electron chi connectivity index (χ0n) is 22.2. The van der Waals surface area contributed by atoms with Gasteiger partial charge in [-0.2, -0.15) is 42.0 Å². The zero-order valence-corrected chi connectivity index (χ0v) is 24.3. The standard InChI is InChI=1S/C37H25N2.Au/c1-24-20-25(2)36(33-18-11-17-32-31-16-9-10-19-34(31)38-37(32)33)39-35(24)30-22-28(26-12-5-3-6-13-26)21-29(23-30)27-14-7-4-8-15-27;/h3-14,16-22H,1-2H3;/q-3;+3. The van der Waals surface area contributed by atoms with Gasteiger partial charge in [0.05, 0.1) is 5.69 Å². The van der Waals surface area contributed by atoms with E-state index in [1.807, 2.05) is 30.3 Å². The number of hydrogen-bond acceptors (Lipinski definition) is 1. The molecule has 0 saturated carbocycles. The number of nitrogens with zero attached hydrogens (tertiary/aromatic N) is 2. The van der Waals surface area contributed by atoms with E-state index < -0.39 is 0 Å². The number of benzene rings is 5. The number of para-hydroxylation sites is 2. The molecule has 3 heteroatoms. The van der Waals surface area contributed by atoms with Gasteiger partial charge in [-0.05, 0) is 41.3 Å². The van der Waals surface area contributed by atoms with Gasteiger partial charge < -0.3 is 4.98 Å². The fourth-order valence-electron chi connectivity index (χ4n) is 5.49. The SMILES string of the molecule is Cc1cc(C)c(-c2cccc3c2[n-]c2ccccc23)nc1-c1[c-]c(-c2[c-]cccc2)cc(-c2ccccc2)c1.[Au+3]. The number of hydrogen-bond donors (Lipinski definition) is 0. The van der Waals surface area contributed by atoms with E-state index in [2.05, 4.69) is 111 Å². The summed E-state index contributed by atoms with van der Waals surface area (Å²) in [6, 6.07) is 46.9. The van der Waals surface area contributed by atoms with Crippen molar-refractivity contribution in [3.8, 4) is 44.8 Å². The van der Waals surface area contributed by atoms with Crippen LogP contribution in [0.1, 0.15) is 11.1 Å². The summed E-state index contributed by atoms with van der Waals surface area (Å²) in [5.41, 5.74) is 12.5. The topological polar surface area (TPSA) is 27.0 Å². The predicted octanol–water partition coefficient (Wildman–Crippen LogP) is 9.23. The number of aromatic nitrogens is 2. The third-order valence-corrected chi connectivity index (χ3v) is 7.35. The van der Waals surface area contributed by atoms with Gasteiger partial charge in [0.2, 0.25) is 0 Å². The molecule has 0 aliphatic carbocycles. The van der Waals surface area contributed by atoms with Crippen LogP contribution in [0.4, 0.5) is 0 Å². The van der Waals surface area contributed by atoms with E-state index in [-0.39, 0.29) is 22.4 Å². The maximum absolute atomic E-state index is 5.32. The Hall–Kier alpha value is -4.21. The van der Waals surface area contributed by atoms with Crippen LogP contribution >= 0.6 is 0 Å². The molecule has 2 heterocycles. The molecule has 0 bridgehead atoms. The third-order valence-electron chi connectivity index (χ3n) is 7.35. The minimum atomic E-state index is 0. The van der Waals surface area contributed by atoms with Crippen molar-refractivity contribution in [1.29, 1.82) is 0 Å². The summed E-state index contributed by atoms with van der Waals surface area (Å²) >= 11 is 0. The minimum absolute atomic E-state index is 0. The molecule has 0 amide bonds.